The number of amides is 1. The van der Waals surface area contributed by atoms with Crippen LogP contribution in [0.25, 0.3) is 0 Å². The largest absolute Gasteiger partial charge is 0.416 e. The molecular weight excluding hydrogens is 204 g/mol. The molecule has 14 heavy (non-hydrogen) atoms. The van der Waals surface area contributed by atoms with Crippen molar-refractivity contribution in [3.63, 3.8) is 0 Å². The third-order valence-electron chi connectivity index (χ3n) is 1.38. The summed E-state index contributed by atoms with van der Waals surface area (Å²) in [7, 11) is 3.20. The maximum absolute atomic E-state index is 11.1. The van der Waals surface area contributed by atoms with Crippen LogP contribution < -0.4 is 4.74 Å². The second kappa shape index (κ2) is 4.90. The molecule has 6 heteroatoms. The number of carbonyl (C=O) groups excluding carboxylic acids is 1. The van der Waals surface area contributed by atoms with Gasteiger partial charge in [0.05, 0.1) is 5.75 Å². The molecule has 1 amide bonds. The Morgan fingerprint density at radius 2 is 2.43 bits per heavy atom. The highest BCUT2D eigenvalue weighted by Crippen LogP contribution is 2.15. The Morgan fingerprint density at radius 3 is 3.00 bits per heavy atom. The van der Waals surface area contributed by atoms with Crippen molar-refractivity contribution in [2.45, 2.75) is 5.75 Å². The average molecular weight is 216 g/mol. The summed E-state index contributed by atoms with van der Waals surface area (Å²) >= 11 is 1.61. The van der Waals surface area contributed by atoms with Gasteiger partial charge < -0.3 is 14.2 Å². The molecule has 0 atom stereocenters. The Hall–Kier alpha value is -1.17. The zero-order valence-corrected chi connectivity index (χ0v) is 9.13. The molecular formula is C8H12N2O3S. The maximum Gasteiger partial charge on any atom is 0.416 e. The molecule has 78 valence electrons. The van der Waals surface area contributed by atoms with Crippen LogP contribution in [0.15, 0.2) is 10.6 Å². The minimum Gasteiger partial charge on any atom is -0.388 e. The zero-order chi connectivity index (χ0) is 10.6. The number of nitrogens with zero attached hydrogens (tertiary/aromatic N) is 2. The fourth-order valence-electron chi connectivity index (χ4n) is 0.733. The van der Waals surface area contributed by atoms with Gasteiger partial charge >= 0.3 is 6.09 Å². The highest BCUT2D eigenvalue weighted by molar-refractivity contribution is 7.97. The van der Waals surface area contributed by atoms with Crippen LogP contribution in [0.3, 0.4) is 0 Å². The van der Waals surface area contributed by atoms with Crippen molar-refractivity contribution in [1.29, 1.82) is 0 Å². The molecule has 0 spiro atoms. The predicted octanol–water partition coefficient (Wildman–Crippen LogP) is 1.60. The van der Waals surface area contributed by atoms with Crippen LogP contribution in [0, 0.1) is 0 Å². The van der Waals surface area contributed by atoms with Crippen molar-refractivity contribution in [2.24, 2.45) is 0 Å². The summed E-state index contributed by atoms with van der Waals surface area (Å²) in [4.78, 5) is 12.4. The van der Waals surface area contributed by atoms with Crippen LogP contribution in [0.5, 0.6) is 5.88 Å². The molecule has 0 unspecified atom stereocenters. The van der Waals surface area contributed by atoms with E-state index >= 15 is 0 Å². The predicted molar refractivity (Wildman–Crippen MR) is 53.4 cm³/mol. The summed E-state index contributed by atoms with van der Waals surface area (Å²) in [5, 5.41) is 3.60. The molecule has 0 fully saturated rings. The fourth-order valence-corrected chi connectivity index (χ4v) is 1.15. The van der Waals surface area contributed by atoms with Crippen LogP contribution in [-0.4, -0.2) is 36.5 Å². The summed E-state index contributed by atoms with van der Waals surface area (Å²) in [6.07, 6.45) is 1.49. The number of hydrogen-bond donors (Lipinski definition) is 0. The molecule has 0 saturated carbocycles. The monoisotopic (exact) mass is 216 g/mol. The van der Waals surface area contributed by atoms with E-state index in [1.54, 1.807) is 31.9 Å². The minimum atomic E-state index is -0.464. The summed E-state index contributed by atoms with van der Waals surface area (Å²) < 4.78 is 9.79. The maximum atomic E-state index is 11.1. The second-order valence-electron chi connectivity index (χ2n) is 2.83. The lowest BCUT2D eigenvalue weighted by Crippen LogP contribution is -2.25. The molecule has 0 aliphatic heterocycles. The molecule has 0 bridgehead atoms. The van der Waals surface area contributed by atoms with E-state index in [2.05, 4.69) is 5.16 Å². The Morgan fingerprint density at radius 1 is 1.71 bits per heavy atom. The van der Waals surface area contributed by atoms with Gasteiger partial charge in [-0.3, -0.25) is 0 Å². The van der Waals surface area contributed by atoms with Crippen molar-refractivity contribution in [2.75, 3.05) is 20.4 Å². The number of hydrogen-bond acceptors (Lipinski definition) is 5. The first-order valence-corrected chi connectivity index (χ1v) is 5.36. The molecule has 0 saturated heterocycles. The summed E-state index contributed by atoms with van der Waals surface area (Å²) in [6, 6.07) is 1.61. The Bertz CT molecular complexity index is 311. The van der Waals surface area contributed by atoms with Crippen LogP contribution in [-0.2, 0) is 5.75 Å². The summed E-state index contributed by atoms with van der Waals surface area (Å²) in [5.41, 5.74) is 0. The van der Waals surface area contributed by atoms with Gasteiger partial charge in [0.1, 0.15) is 0 Å². The molecule has 0 aliphatic rings. The van der Waals surface area contributed by atoms with Gasteiger partial charge in [-0.2, -0.15) is 11.8 Å². The third kappa shape index (κ3) is 2.95. The highest BCUT2D eigenvalue weighted by atomic mass is 32.2. The number of aromatic nitrogens is 1. The molecule has 0 aliphatic carbocycles. The lowest BCUT2D eigenvalue weighted by atomic mass is 10.5. The van der Waals surface area contributed by atoms with E-state index in [0.29, 0.717) is 11.5 Å². The number of carbonyl (C=O) groups is 1. The number of ether oxygens (including phenoxy) is 1. The standard InChI is InChI=1S/C8H12N2O3S/c1-10(2)8(11)12-7-4-6(5-14-3)13-9-7/h4H,5H2,1-3H3. The van der Waals surface area contributed by atoms with E-state index in [9.17, 15) is 4.79 Å². The smallest absolute Gasteiger partial charge is 0.388 e. The van der Waals surface area contributed by atoms with Crippen LogP contribution >= 0.6 is 11.8 Å². The van der Waals surface area contributed by atoms with Crippen molar-refractivity contribution in [3.8, 4) is 5.88 Å². The molecule has 0 aromatic carbocycles. The average Bonchev–Trinajstić information content (AvgIpc) is 2.53. The summed E-state index contributed by atoms with van der Waals surface area (Å²) in [6.45, 7) is 0. The second-order valence-corrected chi connectivity index (χ2v) is 3.69. The van der Waals surface area contributed by atoms with E-state index in [0.717, 1.165) is 0 Å². The molecule has 5 nitrogen and oxygen atoms in total. The van der Waals surface area contributed by atoms with Gasteiger partial charge in [-0.1, -0.05) is 0 Å². The van der Waals surface area contributed by atoms with Crippen LogP contribution in [0.1, 0.15) is 5.76 Å². The van der Waals surface area contributed by atoms with Gasteiger partial charge in [-0.15, -0.1) is 0 Å². The normalized spacial score (nSPS) is 9.93. The minimum absolute atomic E-state index is 0.202. The Kier molecular flexibility index (Phi) is 3.82. The first kappa shape index (κ1) is 10.9. The molecule has 1 rings (SSSR count). The quantitative estimate of drug-likeness (QED) is 0.768. The van der Waals surface area contributed by atoms with Gasteiger partial charge in [0, 0.05) is 20.2 Å². The highest BCUT2D eigenvalue weighted by Gasteiger charge is 2.10. The topological polar surface area (TPSA) is 55.6 Å². The van der Waals surface area contributed by atoms with Crippen molar-refractivity contribution in [1.82, 2.24) is 10.1 Å². The SMILES string of the molecule is CSCc1cc(OC(=O)N(C)C)no1. The zero-order valence-electron chi connectivity index (χ0n) is 8.31. The molecule has 1 heterocycles. The van der Waals surface area contributed by atoms with Gasteiger partial charge in [0.15, 0.2) is 5.76 Å². The van der Waals surface area contributed by atoms with Gasteiger partial charge in [-0.05, 0) is 11.4 Å². The Balaban J connectivity index is 2.55. The van der Waals surface area contributed by atoms with E-state index in [1.807, 2.05) is 6.26 Å². The summed E-state index contributed by atoms with van der Waals surface area (Å²) in [5.74, 6) is 1.61. The third-order valence-corrected chi connectivity index (χ3v) is 1.95. The van der Waals surface area contributed by atoms with E-state index < -0.39 is 6.09 Å². The van der Waals surface area contributed by atoms with Crippen molar-refractivity contribution in [3.05, 3.63) is 11.8 Å². The lowest BCUT2D eigenvalue weighted by molar-refractivity contribution is 0.167. The van der Waals surface area contributed by atoms with Gasteiger partial charge in [-0.25, -0.2) is 4.79 Å². The van der Waals surface area contributed by atoms with E-state index in [1.165, 1.54) is 4.90 Å². The first-order chi connectivity index (χ1) is 6.63. The van der Waals surface area contributed by atoms with E-state index in [-0.39, 0.29) is 5.88 Å². The number of thioether (sulfide) groups is 1. The van der Waals surface area contributed by atoms with Crippen molar-refractivity contribution >= 4 is 17.9 Å². The lowest BCUT2D eigenvalue weighted by Gasteiger charge is -2.07. The molecule has 1 aromatic heterocycles. The molecule has 1 aromatic rings. The molecule has 0 radical (unpaired) electrons. The molecule has 0 N–H and O–H groups in total. The van der Waals surface area contributed by atoms with E-state index in [4.69, 9.17) is 9.26 Å². The van der Waals surface area contributed by atoms with Crippen LogP contribution in [0.2, 0.25) is 0 Å². The van der Waals surface area contributed by atoms with Gasteiger partial charge in [0.25, 0.3) is 5.88 Å². The Labute approximate surface area is 86.4 Å². The fraction of sp³-hybridized carbons (Fsp3) is 0.500. The van der Waals surface area contributed by atoms with Gasteiger partial charge in [0.2, 0.25) is 0 Å². The van der Waals surface area contributed by atoms with Crippen LogP contribution in [0.4, 0.5) is 4.79 Å². The van der Waals surface area contributed by atoms with Crippen molar-refractivity contribution < 1.29 is 14.1 Å². The first-order valence-electron chi connectivity index (χ1n) is 3.97. The number of rotatable bonds is 3.